The number of methoxy groups -OCH3 is 1. The van der Waals surface area contributed by atoms with Crippen LogP contribution in [0.4, 0.5) is 15.9 Å². The highest BCUT2D eigenvalue weighted by molar-refractivity contribution is 6.35. The van der Waals surface area contributed by atoms with Crippen molar-refractivity contribution in [2.24, 2.45) is 0 Å². The van der Waals surface area contributed by atoms with Crippen molar-refractivity contribution < 1.29 is 9.13 Å². The molecule has 0 bridgehead atoms. The Bertz CT molecular complexity index is 616. The minimum absolute atomic E-state index is 0.0859. The Morgan fingerprint density at radius 2 is 1.80 bits per heavy atom. The monoisotopic (exact) mass is 335 g/mol. The molecule has 0 unspecified atom stereocenters. The van der Waals surface area contributed by atoms with Crippen LogP contribution < -0.4 is 5.32 Å². The Hall–Kier alpha value is -1.14. The van der Waals surface area contributed by atoms with Gasteiger partial charge in [0.15, 0.2) is 11.6 Å². The number of hydrogen-bond acceptors (Lipinski definition) is 4. The van der Waals surface area contributed by atoms with Crippen LogP contribution in [0.1, 0.15) is 5.82 Å². The first-order valence-corrected chi connectivity index (χ1v) is 6.57. The molecule has 1 N–H and O–H groups in total. The van der Waals surface area contributed by atoms with Crippen molar-refractivity contribution in [3.05, 3.63) is 45.0 Å². The number of halogens is 4. The average Bonchev–Trinajstić information content (AvgIpc) is 2.35. The number of benzene rings is 1. The van der Waals surface area contributed by atoms with E-state index in [0.717, 1.165) is 0 Å². The molecule has 8 heteroatoms. The highest BCUT2D eigenvalue weighted by atomic mass is 35.5. The van der Waals surface area contributed by atoms with Gasteiger partial charge < -0.3 is 10.1 Å². The number of nitrogens with zero attached hydrogens (tertiary/aromatic N) is 2. The Morgan fingerprint density at radius 3 is 2.40 bits per heavy atom. The Labute approximate surface area is 129 Å². The summed E-state index contributed by atoms with van der Waals surface area (Å²) < 4.78 is 18.3. The summed E-state index contributed by atoms with van der Waals surface area (Å²) in [6.07, 6.45) is 0. The lowest BCUT2D eigenvalue weighted by atomic mass is 10.3. The smallest absolute Gasteiger partial charge is 0.160 e. The van der Waals surface area contributed by atoms with Gasteiger partial charge in [-0.1, -0.05) is 34.8 Å². The zero-order chi connectivity index (χ0) is 14.7. The fourth-order valence-electron chi connectivity index (χ4n) is 1.50. The van der Waals surface area contributed by atoms with Crippen molar-refractivity contribution in [1.82, 2.24) is 9.97 Å². The van der Waals surface area contributed by atoms with Gasteiger partial charge in [0.2, 0.25) is 0 Å². The average molecular weight is 337 g/mol. The highest BCUT2D eigenvalue weighted by Gasteiger charge is 2.09. The van der Waals surface area contributed by atoms with Crippen LogP contribution in [-0.4, -0.2) is 17.1 Å². The second-order valence-electron chi connectivity index (χ2n) is 3.80. The van der Waals surface area contributed by atoms with Crippen molar-refractivity contribution in [2.75, 3.05) is 12.4 Å². The molecule has 1 aromatic heterocycles. The predicted molar refractivity (Wildman–Crippen MR) is 77.5 cm³/mol. The maximum atomic E-state index is 13.3. The van der Waals surface area contributed by atoms with Crippen molar-refractivity contribution in [2.45, 2.75) is 6.61 Å². The van der Waals surface area contributed by atoms with E-state index in [1.807, 2.05) is 0 Å². The molecule has 0 saturated carbocycles. The molecule has 0 aliphatic carbocycles. The molecule has 0 spiro atoms. The van der Waals surface area contributed by atoms with Gasteiger partial charge in [-0.25, -0.2) is 14.4 Å². The zero-order valence-corrected chi connectivity index (χ0v) is 12.5. The van der Waals surface area contributed by atoms with E-state index < -0.39 is 5.82 Å². The highest BCUT2D eigenvalue weighted by Crippen LogP contribution is 2.29. The number of anilines is 2. The summed E-state index contributed by atoms with van der Waals surface area (Å²) in [5.74, 6) is 0.178. The summed E-state index contributed by atoms with van der Waals surface area (Å²) >= 11 is 17.3. The van der Waals surface area contributed by atoms with Crippen molar-refractivity contribution >= 4 is 46.3 Å². The van der Waals surface area contributed by atoms with E-state index >= 15 is 0 Å². The summed E-state index contributed by atoms with van der Waals surface area (Å²) in [5, 5.41) is 3.01. The number of nitrogens with one attached hydrogen (secondary N) is 1. The van der Waals surface area contributed by atoms with Crippen LogP contribution in [0.15, 0.2) is 18.2 Å². The molecule has 106 valence electrons. The normalized spacial score (nSPS) is 10.7. The van der Waals surface area contributed by atoms with Crippen molar-refractivity contribution in [3.8, 4) is 0 Å². The SMILES string of the molecule is COCc1nc(Cl)cc(Nc2cc(Cl)c(F)c(Cl)c2)n1. The van der Waals surface area contributed by atoms with Gasteiger partial charge in [-0.3, -0.25) is 0 Å². The van der Waals surface area contributed by atoms with Crippen LogP contribution in [0, 0.1) is 5.82 Å². The molecule has 1 heterocycles. The minimum atomic E-state index is -0.667. The molecule has 0 radical (unpaired) electrons. The molecule has 0 atom stereocenters. The largest absolute Gasteiger partial charge is 0.377 e. The Kier molecular flexibility index (Phi) is 4.99. The standard InChI is InChI=1S/C12H9Cl3FN3O/c1-20-5-11-18-9(15)4-10(19-11)17-6-2-7(13)12(16)8(14)3-6/h2-4H,5H2,1H3,(H,17,18,19). The molecule has 0 aliphatic rings. The molecular formula is C12H9Cl3FN3O. The van der Waals surface area contributed by atoms with Gasteiger partial charge in [0, 0.05) is 18.9 Å². The van der Waals surface area contributed by atoms with E-state index in [0.29, 0.717) is 17.3 Å². The first-order chi connectivity index (χ1) is 9.49. The first-order valence-electron chi connectivity index (χ1n) is 5.43. The molecule has 0 aliphatic heterocycles. The third kappa shape index (κ3) is 3.70. The minimum Gasteiger partial charge on any atom is -0.377 e. The van der Waals surface area contributed by atoms with E-state index in [4.69, 9.17) is 39.5 Å². The molecule has 0 fully saturated rings. The lowest BCUT2D eigenvalue weighted by molar-refractivity contribution is 0.178. The topological polar surface area (TPSA) is 47.0 Å². The molecule has 0 saturated heterocycles. The number of rotatable bonds is 4. The van der Waals surface area contributed by atoms with E-state index in [1.165, 1.54) is 25.3 Å². The lowest BCUT2D eigenvalue weighted by Crippen LogP contribution is -2.02. The molecule has 2 rings (SSSR count). The van der Waals surface area contributed by atoms with Gasteiger partial charge in [-0.05, 0) is 12.1 Å². The quantitative estimate of drug-likeness (QED) is 0.661. The third-order valence-electron chi connectivity index (χ3n) is 2.27. The van der Waals surface area contributed by atoms with Crippen molar-refractivity contribution in [3.63, 3.8) is 0 Å². The van der Waals surface area contributed by atoms with Gasteiger partial charge in [0.1, 0.15) is 17.6 Å². The summed E-state index contributed by atoms with van der Waals surface area (Å²) in [5.41, 5.74) is 0.486. The first kappa shape index (κ1) is 15.3. The molecular weight excluding hydrogens is 328 g/mol. The molecule has 4 nitrogen and oxygen atoms in total. The van der Waals surface area contributed by atoms with Gasteiger partial charge in [0.05, 0.1) is 10.0 Å². The van der Waals surface area contributed by atoms with E-state index in [1.54, 1.807) is 0 Å². The molecule has 0 amide bonds. The van der Waals surface area contributed by atoms with E-state index in [-0.39, 0.29) is 21.8 Å². The molecule has 2 aromatic rings. The maximum Gasteiger partial charge on any atom is 0.160 e. The second-order valence-corrected chi connectivity index (χ2v) is 5.01. The van der Waals surface area contributed by atoms with Crippen LogP contribution in [0.3, 0.4) is 0 Å². The van der Waals surface area contributed by atoms with E-state index in [9.17, 15) is 4.39 Å². The van der Waals surface area contributed by atoms with Gasteiger partial charge in [0.25, 0.3) is 0 Å². The summed E-state index contributed by atoms with van der Waals surface area (Å²) in [6, 6.07) is 4.31. The van der Waals surface area contributed by atoms with Crippen LogP contribution in [0.2, 0.25) is 15.2 Å². The second kappa shape index (κ2) is 6.54. The fraction of sp³-hybridized carbons (Fsp3) is 0.167. The zero-order valence-electron chi connectivity index (χ0n) is 10.3. The summed E-state index contributed by atoms with van der Waals surface area (Å²) in [7, 11) is 1.52. The van der Waals surface area contributed by atoms with Crippen LogP contribution in [0.25, 0.3) is 0 Å². The summed E-state index contributed by atoms with van der Waals surface area (Å²) in [4.78, 5) is 8.18. The third-order valence-corrected chi connectivity index (χ3v) is 3.01. The van der Waals surface area contributed by atoms with Gasteiger partial charge in [-0.15, -0.1) is 0 Å². The molecule has 1 aromatic carbocycles. The van der Waals surface area contributed by atoms with Gasteiger partial charge >= 0.3 is 0 Å². The van der Waals surface area contributed by atoms with Gasteiger partial charge in [-0.2, -0.15) is 0 Å². The van der Waals surface area contributed by atoms with Crippen LogP contribution in [0.5, 0.6) is 0 Å². The fourth-order valence-corrected chi connectivity index (χ4v) is 2.19. The Balaban J connectivity index is 2.30. The molecule has 20 heavy (non-hydrogen) atoms. The summed E-state index contributed by atoms with van der Waals surface area (Å²) in [6.45, 7) is 0.222. The lowest BCUT2D eigenvalue weighted by Gasteiger charge is -2.09. The number of hydrogen-bond donors (Lipinski definition) is 1. The van der Waals surface area contributed by atoms with Crippen LogP contribution >= 0.6 is 34.8 Å². The van der Waals surface area contributed by atoms with Crippen LogP contribution in [-0.2, 0) is 11.3 Å². The number of aromatic nitrogens is 2. The predicted octanol–water partition coefficient (Wildman–Crippen LogP) is 4.47. The van der Waals surface area contributed by atoms with E-state index in [2.05, 4.69) is 15.3 Å². The Morgan fingerprint density at radius 1 is 1.15 bits per heavy atom. The maximum absolute atomic E-state index is 13.3. The van der Waals surface area contributed by atoms with Crippen molar-refractivity contribution in [1.29, 1.82) is 0 Å². The number of ether oxygens (including phenoxy) is 1.